The van der Waals surface area contributed by atoms with Gasteiger partial charge in [0.05, 0.1) is 6.61 Å². The first-order valence-corrected chi connectivity index (χ1v) is 12.8. The molecule has 37 heavy (non-hydrogen) atoms. The second-order valence-electron chi connectivity index (χ2n) is 10.6. The number of alkyl halides is 1. The number of carbonyl (C=O) groups is 2. The van der Waals surface area contributed by atoms with Gasteiger partial charge in [-0.15, -0.1) is 0 Å². The number of primary amides is 1. The summed E-state index contributed by atoms with van der Waals surface area (Å²) in [7, 11) is 0. The Morgan fingerprint density at radius 1 is 1.00 bits per heavy atom. The van der Waals surface area contributed by atoms with E-state index in [-0.39, 0.29) is 16.7 Å². The third-order valence-electron chi connectivity index (χ3n) is 7.08. The minimum atomic E-state index is -1.22. The maximum Gasteiger partial charge on any atom is 0.254 e. The van der Waals surface area contributed by atoms with Gasteiger partial charge in [0.1, 0.15) is 29.1 Å². The zero-order chi connectivity index (χ0) is 26.7. The molecule has 0 bridgehead atoms. The van der Waals surface area contributed by atoms with Crippen LogP contribution in [0.25, 0.3) is 11.1 Å². The number of likely N-dealkylation sites (tertiary alicyclic amines) is 2. The molecule has 2 heterocycles. The molecule has 0 saturated carbocycles. The first kappa shape index (κ1) is 27.0. The summed E-state index contributed by atoms with van der Waals surface area (Å²) in [4.78, 5) is 27.9. The molecule has 6 nitrogen and oxygen atoms in total. The lowest BCUT2D eigenvalue weighted by Crippen LogP contribution is -2.43. The van der Waals surface area contributed by atoms with Crippen molar-refractivity contribution < 1.29 is 27.5 Å². The van der Waals surface area contributed by atoms with Gasteiger partial charge in [-0.2, -0.15) is 0 Å². The monoisotopic (exact) mass is 517 g/mol. The lowest BCUT2D eigenvalue weighted by atomic mass is 9.96. The number of piperidine rings is 1. The molecule has 2 amide bonds. The number of rotatable bonds is 8. The zero-order valence-corrected chi connectivity index (χ0v) is 21.3. The summed E-state index contributed by atoms with van der Waals surface area (Å²) in [5.41, 5.74) is 4.32. The predicted molar refractivity (Wildman–Crippen MR) is 135 cm³/mol. The first-order valence-electron chi connectivity index (χ1n) is 12.8. The van der Waals surface area contributed by atoms with E-state index >= 15 is 0 Å². The zero-order valence-electron chi connectivity index (χ0n) is 21.3. The molecule has 0 aromatic heterocycles. The smallest absolute Gasteiger partial charge is 0.254 e. The molecule has 2 N–H and O–H groups in total. The van der Waals surface area contributed by atoms with Crippen molar-refractivity contribution >= 4 is 11.8 Å². The Hall–Kier alpha value is -3.07. The van der Waals surface area contributed by atoms with Crippen LogP contribution in [-0.4, -0.2) is 66.1 Å². The van der Waals surface area contributed by atoms with Gasteiger partial charge in [0.25, 0.3) is 5.91 Å². The van der Waals surface area contributed by atoms with Crippen molar-refractivity contribution in [2.75, 3.05) is 32.8 Å². The topological polar surface area (TPSA) is 75.9 Å². The van der Waals surface area contributed by atoms with Gasteiger partial charge in [-0.3, -0.25) is 9.59 Å². The van der Waals surface area contributed by atoms with E-state index in [9.17, 15) is 22.8 Å². The van der Waals surface area contributed by atoms with Crippen molar-refractivity contribution in [1.82, 2.24) is 9.80 Å². The minimum absolute atomic E-state index is 0.0247. The Morgan fingerprint density at radius 3 is 2.24 bits per heavy atom. The van der Waals surface area contributed by atoms with Crippen LogP contribution >= 0.6 is 0 Å². The van der Waals surface area contributed by atoms with Gasteiger partial charge >= 0.3 is 0 Å². The molecule has 2 aliphatic heterocycles. The molecule has 2 fully saturated rings. The summed E-state index contributed by atoms with van der Waals surface area (Å²) in [5, 5.41) is 0. The standard InChI is InChI=1S/C28H34F3N3O3/c1-28(2,31)17-33-12-9-18(10-13-33)16-37-20-6-8-22(24(30)15-20)21-7-5-19(14-23(21)29)27(36)34-11-3-4-25(34)26(32)35/h5-8,14-15,18,25H,3-4,9-13,16-17H2,1-2H3,(H2,32,35). The Bertz CT molecular complexity index is 1140. The highest BCUT2D eigenvalue weighted by Crippen LogP contribution is 2.30. The summed E-state index contributed by atoms with van der Waals surface area (Å²) in [6, 6.07) is 7.44. The highest BCUT2D eigenvalue weighted by Gasteiger charge is 2.33. The third kappa shape index (κ3) is 6.63. The molecule has 2 aromatic rings. The Balaban J connectivity index is 1.37. The SMILES string of the molecule is CC(C)(F)CN1CCC(COc2ccc(-c3ccc(C(=O)N4CCCC4C(N)=O)cc3F)c(F)c2)CC1. The number of ether oxygens (including phenoxy) is 1. The highest BCUT2D eigenvalue weighted by molar-refractivity contribution is 5.98. The summed E-state index contributed by atoms with van der Waals surface area (Å²) >= 11 is 0. The van der Waals surface area contributed by atoms with Gasteiger partial charge in [-0.05, 0) is 82.8 Å². The lowest BCUT2D eigenvalue weighted by molar-refractivity contribution is -0.121. The molecule has 200 valence electrons. The maximum atomic E-state index is 15.0. The fourth-order valence-electron chi connectivity index (χ4n) is 5.20. The number of halogens is 3. The first-order chi connectivity index (χ1) is 17.5. The van der Waals surface area contributed by atoms with E-state index in [1.54, 1.807) is 19.9 Å². The fraction of sp³-hybridized carbons (Fsp3) is 0.500. The summed E-state index contributed by atoms with van der Waals surface area (Å²) in [5.74, 6) is -1.78. The molecule has 2 saturated heterocycles. The average molecular weight is 518 g/mol. The van der Waals surface area contributed by atoms with E-state index in [1.165, 1.54) is 29.2 Å². The number of carbonyl (C=O) groups excluding carboxylic acids is 2. The van der Waals surface area contributed by atoms with Crippen molar-refractivity contribution in [2.45, 2.75) is 51.2 Å². The molecule has 2 aliphatic rings. The van der Waals surface area contributed by atoms with Crippen LogP contribution in [0.1, 0.15) is 49.9 Å². The molecule has 1 unspecified atom stereocenters. The highest BCUT2D eigenvalue weighted by atomic mass is 19.1. The molecule has 0 aliphatic carbocycles. The number of benzene rings is 2. The van der Waals surface area contributed by atoms with Gasteiger partial charge in [0, 0.05) is 35.8 Å². The molecule has 9 heteroatoms. The van der Waals surface area contributed by atoms with Crippen molar-refractivity contribution in [3.8, 4) is 16.9 Å². The predicted octanol–water partition coefficient (Wildman–Crippen LogP) is 4.56. The van der Waals surface area contributed by atoms with E-state index < -0.39 is 35.2 Å². The van der Waals surface area contributed by atoms with Crippen LogP contribution in [-0.2, 0) is 4.79 Å². The molecular weight excluding hydrogens is 483 g/mol. The van der Waals surface area contributed by atoms with Gasteiger partial charge in [-0.25, -0.2) is 13.2 Å². The van der Waals surface area contributed by atoms with Crippen LogP contribution in [0.5, 0.6) is 5.75 Å². The van der Waals surface area contributed by atoms with E-state index in [0.717, 1.165) is 32.0 Å². The van der Waals surface area contributed by atoms with Crippen LogP contribution in [0.4, 0.5) is 13.2 Å². The van der Waals surface area contributed by atoms with Crippen LogP contribution in [0.2, 0.25) is 0 Å². The Morgan fingerprint density at radius 2 is 1.65 bits per heavy atom. The Labute approximate surface area is 215 Å². The quantitative estimate of drug-likeness (QED) is 0.557. The lowest BCUT2D eigenvalue weighted by Gasteiger charge is -2.34. The van der Waals surface area contributed by atoms with E-state index in [1.807, 2.05) is 0 Å². The van der Waals surface area contributed by atoms with Crippen LogP contribution in [0.3, 0.4) is 0 Å². The van der Waals surface area contributed by atoms with Crippen molar-refractivity contribution in [1.29, 1.82) is 0 Å². The van der Waals surface area contributed by atoms with Crippen LogP contribution in [0, 0.1) is 17.6 Å². The maximum absolute atomic E-state index is 15.0. The molecule has 4 rings (SSSR count). The van der Waals surface area contributed by atoms with Crippen molar-refractivity contribution in [3.05, 3.63) is 53.6 Å². The second-order valence-corrected chi connectivity index (χ2v) is 10.6. The van der Waals surface area contributed by atoms with Crippen LogP contribution in [0.15, 0.2) is 36.4 Å². The van der Waals surface area contributed by atoms with Gasteiger partial charge in [0.2, 0.25) is 5.91 Å². The summed E-state index contributed by atoms with van der Waals surface area (Å²) < 4.78 is 49.5. The minimum Gasteiger partial charge on any atom is -0.493 e. The average Bonchev–Trinajstić information content (AvgIpc) is 3.33. The molecule has 1 atom stereocenters. The van der Waals surface area contributed by atoms with Gasteiger partial charge in [0.15, 0.2) is 0 Å². The molecule has 0 spiro atoms. The normalized spacial score (nSPS) is 19.3. The van der Waals surface area contributed by atoms with E-state index in [0.29, 0.717) is 44.2 Å². The summed E-state index contributed by atoms with van der Waals surface area (Å²) in [6.07, 6.45) is 2.89. The number of nitrogens with two attached hydrogens (primary N) is 1. The van der Waals surface area contributed by atoms with Crippen molar-refractivity contribution in [2.24, 2.45) is 11.7 Å². The molecular formula is C28H34F3N3O3. The number of hydrogen-bond donors (Lipinski definition) is 1. The van der Waals surface area contributed by atoms with E-state index in [2.05, 4.69) is 4.90 Å². The largest absolute Gasteiger partial charge is 0.493 e. The fourth-order valence-corrected chi connectivity index (χ4v) is 5.20. The van der Waals surface area contributed by atoms with E-state index in [4.69, 9.17) is 10.5 Å². The van der Waals surface area contributed by atoms with Crippen LogP contribution < -0.4 is 10.5 Å². The van der Waals surface area contributed by atoms with Gasteiger partial charge in [-0.1, -0.05) is 6.07 Å². The molecule has 0 radical (unpaired) electrons. The molecule has 2 aromatic carbocycles. The number of amides is 2. The van der Waals surface area contributed by atoms with Crippen molar-refractivity contribution in [3.63, 3.8) is 0 Å². The number of nitrogens with zero attached hydrogens (tertiary/aromatic N) is 2. The number of hydrogen-bond acceptors (Lipinski definition) is 4. The summed E-state index contributed by atoms with van der Waals surface area (Å²) in [6.45, 7) is 5.97. The van der Waals surface area contributed by atoms with Gasteiger partial charge < -0.3 is 20.3 Å². The second kappa shape index (κ2) is 11.1. The third-order valence-corrected chi connectivity index (χ3v) is 7.08. The Kier molecular flexibility index (Phi) is 8.11.